The largest absolute Gasteiger partial charge is 0.493 e. The number of benzene rings is 3. The van der Waals surface area contributed by atoms with Gasteiger partial charge in [-0.1, -0.05) is 64.5 Å². The normalized spacial score (nSPS) is 12.5. The van der Waals surface area contributed by atoms with Crippen molar-refractivity contribution >= 4 is 51.9 Å². The smallest absolute Gasteiger partial charge is 0.408 e. The van der Waals surface area contributed by atoms with Crippen LogP contribution in [-0.2, 0) is 57.6 Å². The van der Waals surface area contributed by atoms with Crippen molar-refractivity contribution in [2.45, 2.75) is 70.4 Å². The van der Waals surface area contributed by atoms with Crippen LogP contribution in [0.3, 0.4) is 0 Å². The molecule has 0 radical (unpaired) electrons. The van der Waals surface area contributed by atoms with Gasteiger partial charge in [0.15, 0.2) is 11.5 Å². The molecule has 0 unspecified atom stereocenters. The summed E-state index contributed by atoms with van der Waals surface area (Å²) >= 11 is 3.23. The van der Waals surface area contributed by atoms with E-state index in [0.717, 1.165) is 12.7 Å². The van der Waals surface area contributed by atoms with Gasteiger partial charge in [-0.25, -0.2) is 19.2 Å². The van der Waals surface area contributed by atoms with Gasteiger partial charge in [0, 0.05) is 18.2 Å². The molecule has 3 atom stereocenters. The second kappa shape index (κ2) is 21.9. The minimum Gasteiger partial charge on any atom is -0.493 e. The number of hydrogen-bond acceptors (Lipinski definition) is 12. The first-order valence-corrected chi connectivity index (χ1v) is 18.5. The number of methoxy groups -OCH3 is 2. The maximum absolute atomic E-state index is 13.1. The first kappa shape index (κ1) is 44.6. The van der Waals surface area contributed by atoms with Crippen LogP contribution in [0, 0.1) is 0 Å². The molecule has 0 aromatic heterocycles. The predicted molar refractivity (Wildman–Crippen MR) is 206 cm³/mol. The summed E-state index contributed by atoms with van der Waals surface area (Å²) in [6, 6.07) is 17.0. The Hall–Kier alpha value is -5.84. The molecule has 0 aliphatic carbocycles. The number of nitrogens with one attached hydrogen (secondary N) is 3. The van der Waals surface area contributed by atoms with Crippen molar-refractivity contribution in [2.24, 2.45) is 5.73 Å². The van der Waals surface area contributed by atoms with E-state index in [4.69, 9.17) is 34.2 Å². The molecule has 0 spiro atoms. The minimum absolute atomic E-state index is 0.0118. The Morgan fingerprint density at radius 3 is 1.95 bits per heavy atom. The van der Waals surface area contributed by atoms with Crippen LogP contribution in [0.5, 0.6) is 17.2 Å². The molecule has 3 aromatic carbocycles. The van der Waals surface area contributed by atoms with Gasteiger partial charge in [-0.3, -0.25) is 9.59 Å². The Labute approximate surface area is 333 Å². The van der Waals surface area contributed by atoms with Crippen LogP contribution >= 0.6 is 15.9 Å². The molecule has 0 heterocycles. The highest BCUT2D eigenvalue weighted by molar-refractivity contribution is 9.09. The zero-order valence-corrected chi connectivity index (χ0v) is 33.3. The van der Waals surface area contributed by atoms with Crippen molar-refractivity contribution in [1.29, 1.82) is 0 Å². The summed E-state index contributed by atoms with van der Waals surface area (Å²) in [4.78, 5) is 75.5. The topological polar surface area (TPSA) is 220 Å². The van der Waals surface area contributed by atoms with E-state index < -0.39 is 66.1 Å². The lowest BCUT2D eigenvalue weighted by atomic mass is 10.0. The fourth-order valence-corrected chi connectivity index (χ4v) is 5.19. The van der Waals surface area contributed by atoms with E-state index in [1.54, 1.807) is 75.4 Å². The van der Waals surface area contributed by atoms with Crippen molar-refractivity contribution in [3.8, 4) is 17.2 Å². The zero-order valence-electron chi connectivity index (χ0n) is 31.8. The maximum Gasteiger partial charge on any atom is 0.408 e. The van der Waals surface area contributed by atoms with Crippen LogP contribution in [0.25, 0.3) is 0 Å². The molecule has 17 heteroatoms. The molecule has 56 heavy (non-hydrogen) atoms. The maximum atomic E-state index is 13.1. The zero-order chi connectivity index (χ0) is 41.3. The highest BCUT2D eigenvalue weighted by atomic mass is 79.9. The predicted octanol–water partition coefficient (Wildman–Crippen LogP) is 4.23. The average molecular weight is 844 g/mol. The SMILES string of the molecule is COC(=O)[C@H](Cc1ccc(Oc2cc(C[C@H](NC(=O)OCc3ccccc3)C(=O)OCCBr)ccc2OC)cc1)NC(=O)[C@H](CC(N)=O)NC(=O)OC(C)(C)C. The Kier molecular flexibility index (Phi) is 17.4. The third-order valence-corrected chi connectivity index (χ3v) is 7.91. The highest BCUT2D eigenvalue weighted by Crippen LogP contribution is 2.33. The lowest BCUT2D eigenvalue weighted by Gasteiger charge is -2.24. The summed E-state index contributed by atoms with van der Waals surface area (Å²) in [5, 5.41) is 7.83. The summed E-state index contributed by atoms with van der Waals surface area (Å²) in [5.74, 6) is -2.09. The van der Waals surface area contributed by atoms with Gasteiger partial charge in [0.2, 0.25) is 11.8 Å². The first-order chi connectivity index (χ1) is 26.6. The van der Waals surface area contributed by atoms with Crippen LogP contribution in [0.15, 0.2) is 72.8 Å². The van der Waals surface area contributed by atoms with E-state index in [-0.39, 0.29) is 26.1 Å². The molecular formula is C39H47BrN4O12. The molecular weight excluding hydrogens is 796 g/mol. The van der Waals surface area contributed by atoms with E-state index in [1.165, 1.54) is 7.11 Å². The van der Waals surface area contributed by atoms with Gasteiger partial charge >= 0.3 is 24.1 Å². The highest BCUT2D eigenvalue weighted by Gasteiger charge is 2.30. The summed E-state index contributed by atoms with van der Waals surface area (Å²) < 4.78 is 32.3. The number of alkyl halides is 1. The Morgan fingerprint density at radius 1 is 0.714 bits per heavy atom. The second-order valence-corrected chi connectivity index (χ2v) is 14.0. The van der Waals surface area contributed by atoms with Crippen LogP contribution in [0.1, 0.15) is 43.9 Å². The second-order valence-electron chi connectivity index (χ2n) is 13.2. The van der Waals surface area contributed by atoms with Crippen LogP contribution in [-0.4, -0.2) is 85.8 Å². The lowest BCUT2D eigenvalue weighted by Crippen LogP contribution is -2.54. The number of alkyl carbamates (subject to hydrolysis) is 2. The third kappa shape index (κ3) is 15.5. The van der Waals surface area contributed by atoms with Gasteiger partial charge in [-0.05, 0) is 61.7 Å². The number of nitrogens with two attached hydrogens (primary N) is 1. The quantitative estimate of drug-likeness (QED) is 0.0757. The van der Waals surface area contributed by atoms with Crippen molar-refractivity contribution in [1.82, 2.24) is 16.0 Å². The van der Waals surface area contributed by atoms with Crippen LogP contribution < -0.4 is 31.2 Å². The fraction of sp³-hybridized carbons (Fsp3) is 0.385. The number of carbonyl (C=O) groups excluding carboxylic acids is 6. The molecule has 0 saturated heterocycles. The van der Waals surface area contributed by atoms with Gasteiger partial charge < -0.3 is 50.1 Å². The summed E-state index contributed by atoms with van der Waals surface area (Å²) in [5.41, 5.74) is 6.40. The van der Waals surface area contributed by atoms with Crippen molar-refractivity contribution < 1.29 is 57.2 Å². The molecule has 5 N–H and O–H groups in total. The van der Waals surface area contributed by atoms with Gasteiger partial charge in [0.05, 0.1) is 20.6 Å². The molecule has 3 aromatic rings. The number of halogens is 1. The molecule has 16 nitrogen and oxygen atoms in total. The molecule has 4 amide bonds. The summed E-state index contributed by atoms with van der Waals surface area (Å²) in [7, 11) is 2.62. The van der Waals surface area contributed by atoms with E-state index in [1.807, 2.05) is 18.2 Å². The number of primary amides is 1. The Balaban J connectivity index is 1.73. The fourth-order valence-electron chi connectivity index (χ4n) is 5.03. The number of ether oxygens (including phenoxy) is 6. The Morgan fingerprint density at radius 2 is 1.34 bits per heavy atom. The average Bonchev–Trinajstić information content (AvgIpc) is 3.15. The van der Waals surface area contributed by atoms with E-state index >= 15 is 0 Å². The summed E-state index contributed by atoms with van der Waals surface area (Å²) in [6.07, 6.45) is -2.28. The van der Waals surface area contributed by atoms with Crippen molar-refractivity contribution in [3.05, 3.63) is 89.5 Å². The lowest BCUT2D eigenvalue weighted by molar-refractivity contribution is -0.145. The molecule has 0 aliphatic rings. The van der Waals surface area contributed by atoms with E-state index in [2.05, 4.69) is 31.9 Å². The van der Waals surface area contributed by atoms with Gasteiger partial charge in [-0.15, -0.1) is 0 Å². The number of amides is 4. The van der Waals surface area contributed by atoms with Crippen molar-refractivity contribution in [2.75, 3.05) is 26.2 Å². The van der Waals surface area contributed by atoms with Gasteiger partial charge in [0.25, 0.3) is 0 Å². The number of esters is 2. The molecule has 0 bridgehead atoms. The van der Waals surface area contributed by atoms with Gasteiger partial charge in [0.1, 0.15) is 42.7 Å². The number of carbonyl (C=O) groups is 6. The number of hydrogen-bond donors (Lipinski definition) is 4. The molecule has 0 saturated carbocycles. The molecule has 0 aliphatic heterocycles. The van der Waals surface area contributed by atoms with Crippen molar-refractivity contribution in [3.63, 3.8) is 0 Å². The third-order valence-electron chi connectivity index (χ3n) is 7.58. The minimum atomic E-state index is -1.42. The standard InChI is InChI=1S/C39H47BrN4O12/c1-39(2,3)56-38(50)43-28(22-33(41)45)34(46)42-29(35(47)52-5)19-24-11-14-27(15-12-24)55-32-21-26(13-16-31(32)51-4)20-30(36(48)53-18-17-40)44-37(49)54-23-25-9-7-6-8-10-25/h6-16,21,28-30H,17-20,22-23H2,1-5H3,(H2,41,45)(H,42,46)(H,43,50)(H,44,49)/t28-,29-,30-/m0/s1. The first-order valence-electron chi connectivity index (χ1n) is 17.4. The van der Waals surface area contributed by atoms with E-state index in [0.29, 0.717) is 33.7 Å². The van der Waals surface area contributed by atoms with Gasteiger partial charge in [-0.2, -0.15) is 0 Å². The molecule has 0 fully saturated rings. The molecule has 3 rings (SSSR count). The van der Waals surface area contributed by atoms with E-state index in [9.17, 15) is 28.8 Å². The monoisotopic (exact) mass is 842 g/mol. The van der Waals surface area contributed by atoms with Crippen LogP contribution in [0.4, 0.5) is 9.59 Å². The van der Waals surface area contributed by atoms with Crippen LogP contribution in [0.2, 0.25) is 0 Å². The number of rotatable bonds is 19. The Bertz CT molecular complexity index is 1800. The summed E-state index contributed by atoms with van der Waals surface area (Å²) in [6.45, 7) is 4.99. The molecule has 302 valence electrons.